The summed E-state index contributed by atoms with van der Waals surface area (Å²) in [5, 5.41) is 5.94. The van der Waals surface area contributed by atoms with Crippen LogP contribution in [0.3, 0.4) is 0 Å². The Morgan fingerprint density at radius 2 is 2.44 bits per heavy atom. The van der Waals surface area contributed by atoms with E-state index in [4.69, 9.17) is 5.73 Å². The quantitative estimate of drug-likeness (QED) is 0.868. The zero-order valence-electron chi connectivity index (χ0n) is 8.56. The Bertz CT molecular complexity index is 492. The average molecular weight is 254 g/mol. The molecule has 1 amide bonds. The number of thiazole rings is 2. The molecule has 2 heterocycles. The van der Waals surface area contributed by atoms with Gasteiger partial charge in [-0.1, -0.05) is 11.3 Å². The fourth-order valence-corrected chi connectivity index (χ4v) is 2.51. The molecule has 2 aromatic rings. The molecule has 16 heavy (non-hydrogen) atoms. The Kier molecular flexibility index (Phi) is 3.16. The van der Waals surface area contributed by atoms with Crippen molar-refractivity contribution in [2.24, 2.45) is 0 Å². The molecule has 0 aliphatic heterocycles. The number of nitrogens with zero attached hydrogens (tertiary/aromatic N) is 2. The van der Waals surface area contributed by atoms with Crippen molar-refractivity contribution in [3.05, 3.63) is 27.2 Å². The van der Waals surface area contributed by atoms with Crippen LogP contribution in [0.2, 0.25) is 0 Å². The van der Waals surface area contributed by atoms with Crippen LogP contribution in [0.25, 0.3) is 0 Å². The van der Waals surface area contributed by atoms with Gasteiger partial charge < -0.3 is 11.1 Å². The van der Waals surface area contributed by atoms with Crippen molar-refractivity contribution >= 4 is 33.7 Å². The number of nitrogens with one attached hydrogen (secondary N) is 1. The Balaban J connectivity index is 2.01. The zero-order valence-corrected chi connectivity index (χ0v) is 10.2. The molecule has 0 unspecified atom stereocenters. The molecule has 7 heteroatoms. The minimum Gasteiger partial charge on any atom is -0.375 e. The van der Waals surface area contributed by atoms with Crippen LogP contribution in [0.15, 0.2) is 11.6 Å². The predicted octanol–water partition coefficient (Wildman–Crippen LogP) is 1.42. The SMILES string of the molecule is Cc1nc(N)sc1C(=O)NCc1nccs1. The van der Waals surface area contributed by atoms with Crippen LogP contribution in [0.4, 0.5) is 5.13 Å². The zero-order chi connectivity index (χ0) is 11.5. The first kappa shape index (κ1) is 11.0. The lowest BCUT2D eigenvalue weighted by Crippen LogP contribution is -2.22. The van der Waals surface area contributed by atoms with E-state index < -0.39 is 0 Å². The van der Waals surface area contributed by atoms with Gasteiger partial charge >= 0.3 is 0 Å². The first-order chi connectivity index (χ1) is 7.66. The van der Waals surface area contributed by atoms with Gasteiger partial charge in [-0.25, -0.2) is 9.97 Å². The second-order valence-corrected chi connectivity index (χ2v) is 5.08. The fourth-order valence-electron chi connectivity index (χ4n) is 1.20. The molecule has 0 aliphatic carbocycles. The normalized spacial score (nSPS) is 10.3. The molecule has 5 nitrogen and oxygen atoms in total. The van der Waals surface area contributed by atoms with Crippen LogP contribution < -0.4 is 11.1 Å². The van der Waals surface area contributed by atoms with Crippen molar-refractivity contribution in [3.63, 3.8) is 0 Å². The highest BCUT2D eigenvalue weighted by Crippen LogP contribution is 2.19. The second-order valence-electron chi connectivity index (χ2n) is 3.08. The highest BCUT2D eigenvalue weighted by molar-refractivity contribution is 7.17. The van der Waals surface area contributed by atoms with E-state index in [1.54, 1.807) is 13.1 Å². The standard InChI is InChI=1S/C9H10N4OS2/c1-5-7(16-9(10)13-5)8(14)12-4-6-11-2-3-15-6/h2-3H,4H2,1H3,(H2,10,13)(H,12,14). The Morgan fingerprint density at radius 1 is 1.62 bits per heavy atom. The van der Waals surface area contributed by atoms with E-state index in [0.29, 0.717) is 22.2 Å². The molecule has 0 spiro atoms. The van der Waals surface area contributed by atoms with Gasteiger partial charge in [0, 0.05) is 11.6 Å². The van der Waals surface area contributed by atoms with Crippen molar-refractivity contribution in [2.75, 3.05) is 5.73 Å². The van der Waals surface area contributed by atoms with Crippen LogP contribution in [0.1, 0.15) is 20.4 Å². The molecule has 84 valence electrons. The molecule has 0 fully saturated rings. The highest BCUT2D eigenvalue weighted by atomic mass is 32.1. The number of nitrogens with two attached hydrogens (primary N) is 1. The van der Waals surface area contributed by atoms with E-state index in [1.807, 2.05) is 5.38 Å². The maximum atomic E-state index is 11.8. The van der Waals surface area contributed by atoms with Crippen LogP contribution in [0.5, 0.6) is 0 Å². The van der Waals surface area contributed by atoms with Crippen LogP contribution in [0, 0.1) is 6.92 Å². The molecule has 0 saturated heterocycles. The lowest BCUT2D eigenvalue weighted by atomic mass is 10.4. The fraction of sp³-hybridized carbons (Fsp3) is 0.222. The number of hydrogen-bond donors (Lipinski definition) is 2. The smallest absolute Gasteiger partial charge is 0.263 e. The van der Waals surface area contributed by atoms with Gasteiger partial charge in [-0.05, 0) is 6.92 Å². The molecule has 0 atom stereocenters. The topological polar surface area (TPSA) is 80.9 Å². The van der Waals surface area contributed by atoms with E-state index in [9.17, 15) is 4.79 Å². The number of carbonyl (C=O) groups excluding carboxylic acids is 1. The van der Waals surface area contributed by atoms with Gasteiger partial charge in [0.15, 0.2) is 5.13 Å². The first-order valence-electron chi connectivity index (χ1n) is 4.56. The molecule has 0 bridgehead atoms. The summed E-state index contributed by atoms with van der Waals surface area (Å²) in [5.74, 6) is -0.151. The van der Waals surface area contributed by atoms with E-state index >= 15 is 0 Å². The van der Waals surface area contributed by atoms with Crippen LogP contribution in [-0.4, -0.2) is 15.9 Å². The van der Waals surface area contributed by atoms with Gasteiger partial charge in [-0.3, -0.25) is 4.79 Å². The number of carbonyl (C=O) groups is 1. The van der Waals surface area contributed by atoms with Crippen molar-refractivity contribution in [1.29, 1.82) is 0 Å². The van der Waals surface area contributed by atoms with E-state index in [0.717, 1.165) is 5.01 Å². The third-order valence-electron chi connectivity index (χ3n) is 1.90. The summed E-state index contributed by atoms with van der Waals surface area (Å²) in [5.41, 5.74) is 6.19. The molecule has 0 saturated carbocycles. The molecule has 0 aliphatic rings. The third-order valence-corrected chi connectivity index (χ3v) is 3.67. The number of anilines is 1. The third kappa shape index (κ3) is 2.37. The first-order valence-corrected chi connectivity index (χ1v) is 6.26. The molecule has 2 rings (SSSR count). The average Bonchev–Trinajstić information content (AvgIpc) is 2.84. The minimum atomic E-state index is -0.151. The van der Waals surface area contributed by atoms with Gasteiger partial charge in [0.25, 0.3) is 5.91 Å². The number of aromatic nitrogens is 2. The van der Waals surface area contributed by atoms with E-state index in [1.165, 1.54) is 22.7 Å². The lowest BCUT2D eigenvalue weighted by Gasteiger charge is -2.00. The largest absolute Gasteiger partial charge is 0.375 e. The molecular formula is C9H10N4OS2. The molecule has 2 aromatic heterocycles. The van der Waals surface area contributed by atoms with E-state index in [2.05, 4.69) is 15.3 Å². The summed E-state index contributed by atoms with van der Waals surface area (Å²) in [4.78, 5) is 20.4. The minimum absolute atomic E-state index is 0.151. The second kappa shape index (κ2) is 4.58. The van der Waals surface area contributed by atoms with Crippen molar-refractivity contribution < 1.29 is 4.79 Å². The van der Waals surface area contributed by atoms with E-state index in [-0.39, 0.29) is 5.91 Å². The van der Waals surface area contributed by atoms with Gasteiger partial charge in [-0.2, -0.15) is 0 Å². The summed E-state index contributed by atoms with van der Waals surface area (Å²) >= 11 is 2.70. The maximum absolute atomic E-state index is 11.8. The number of rotatable bonds is 3. The Hall–Kier alpha value is -1.47. The molecular weight excluding hydrogens is 244 g/mol. The summed E-state index contributed by atoms with van der Waals surface area (Å²) in [6.07, 6.45) is 1.71. The van der Waals surface area contributed by atoms with Crippen LogP contribution in [-0.2, 0) is 6.54 Å². The van der Waals surface area contributed by atoms with Crippen LogP contribution >= 0.6 is 22.7 Å². The predicted molar refractivity (Wildman–Crippen MR) is 64.5 cm³/mol. The summed E-state index contributed by atoms with van der Waals surface area (Å²) in [6.45, 7) is 2.21. The monoisotopic (exact) mass is 254 g/mol. The molecule has 0 aromatic carbocycles. The number of hydrogen-bond acceptors (Lipinski definition) is 6. The summed E-state index contributed by atoms with van der Waals surface area (Å²) in [7, 11) is 0. The van der Waals surface area contributed by atoms with Gasteiger partial charge in [0.05, 0.1) is 12.2 Å². The molecule has 0 radical (unpaired) electrons. The summed E-state index contributed by atoms with van der Waals surface area (Å²) in [6, 6.07) is 0. The number of nitrogen functional groups attached to an aromatic ring is 1. The van der Waals surface area contributed by atoms with Gasteiger partial charge in [0.2, 0.25) is 0 Å². The highest BCUT2D eigenvalue weighted by Gasteiger charge is 2.13. The van der Waals surface area contributed by atoms with Crippen molar-refractivity contribution in [2.45, 2.75) is 13.5 Å². The maximum Gasteiger partial charge on any atom is 0.263 e. The Labute approximate surface area is 100 Å². The lowest BCUT2D eigenvalue weighted by molar-refractivity contribution is 0.0954. The summed E-state index contributed by atoms with van der Waals surface area (Å²) < 4.78 is 0. The molecule has 3 N–H and O–H groups in total. The number of amides is 1. The van der Waals surface area contributed by atoms with Gasteiger partial charge in [-0.15, -0.1) is 11.3 Å². The number of aryl methyl sites for hydroxylation is 1. The Morgan fingerprint density at radius 3 is 3.00 bits per heavy atom. The van der Waals surface area contributed by atoms with Gasteiger partial charge in [0.1, 0.15) is 9.88 Å². The van der Waals surface area contributed by atoms with Crippen molar-refractivity contribution in [1.82, 2.24) is 15.3 Å². The van der Waals surface area contributed by atoms with Crippen molar-refractivity contribution in [3.8, 4) is 0 Å².